The first-order valence-corrected chi connectivity index (χ1v) is 6.07. The number of ether oxygens (including phenoxy) is 2. The van der Waals surface area contributed by atoms with Gasteiger partial charge in [0.15, 0.2) is 0 Å². The molecule has 1 aromatic heterocycles. The predicted octanol–water partition coefficient (Wildman–Crippen LogP) is 1.41. The van der Waals surface area contributed by atoms with E-state index in [9.17, 15) is 9.59 Å². The van der Waals surface area contributed by atoms with Crippen LogP contribution >= 0.6 is 0 Å². The number of carbonyl (C=O) groups is 2. The van der Waals surface area contributed by atoms with Crippen LogP contribution in [0.2, 0.25) is 0 Å². The average Bonchev–Trinajstić information content (AvgIpc) is 2.33. The van der Waals surface area contributed by atoms with Gasteiger partial charge in [-0.15, -0.1) is 0 Å². The van der Waals surface area contributed by atoms with Gasteiger partial charge in [-0.05, 0) is 13.8 Å². The molecule has 0 fully saturated rings. The summed E-state index contributed by atoms with van der Waals surface area (Å²) in [7, 11) is 0. The van der Waals surface area contributed by atoms with Gasteiger partial charge in [-0.1, -0.05) is 0 Å². The van der Waals surface area contributed by atoms with E-state index in [1.807, 2.05) is 0 Å². The lowest BCUT2D eigenvalue weighted by Crippen LogP contribution is -2.09. The SMILES string of the molecule is Cc1nc(C)c(OCCC(=O)O)cc1OCCC(=O)O. The number of carboxylic acid groups (broad SMARTS) is 2. The van der Waals surface area contributed by atoms with Crippen LogP contribution in [0.15, 0.2) is 6.07 Å². The summed E-state index contributed by atoms with van der Waals surface area (Å²) in [6.45, 7) is 3.55. The first-order chi connectivity index (χ1) is 9.40. The molecule has 0 saturated heterocycles. The van der Waals surface area contributed by atoms with Crippen LogP contribution in [0.3, 0.4) is 0 Å². The molecule has 0 atom stereocenters. The number of aliphatic carboxylic acids is 2. The van der Waals surface area contributed by atoms with Gasteiger partial charge in [-0.3, -0.25) is 14.6 Å². The molecule has 0 amide bonds. The molecular formula is C13H17NO6. The third-order valence-corrected chi connectivity index (χ3v) is 2.46. The molecule has 7 nitrogen and oxygen atoms in total. The molecule has 110 valence electrons. The Balaban J connectivity index is 2.70. The quantitative estimate of drug-likeness (QED) is 0.742. The second kappa shape index (κ2) is 7.32. The van der Waals surface area contributed by atoms with Gasteiger partial charge in [-0.2, -0.15) is 0 Å². The molecule has 7 heteroatoms. The summed E-state index contributed by atoms with van der Waals surface area (Å²) in [6, 6.07) is 1.60. The standard InChI is InChI=1S/C13H17NO6/c1-8-10(19-5-3-12(15)16)7-11(9(2)14-8)20-6-4-13(17)18/h7H,3-6H2,1-2H3,(H,15,16)(H,17,18). The topological polar surface area (TPSA) is 106 Å². The molecule has 1 rings (SSSR count). The molecular weight excluding hydrogens is 266 g/mol. The Hall–Kier alpha value is -2.31. The van der Waals surface area contributed by atoms with Crippen LogP contribution in [0.1, 0.15) is 24.2 Å². The Morgan fingerprint density at radius 3 is 1.75 bits per heavy atom. The lowest BCUT2D eigenvalue weighted by molar-refractivity contribution is -0.138. The highest BCUT2D eigenvalue weighted by Crippen LogP contribution is 2.25. The molecule has 1 heterocycles. The van der Waals surface area contributed by atoms with Gasteiger partial charge >= 0.3 is 11.9 Å². The number of pyridine rings is 1. The van der Waals surface area contributed by atoms with E-state index >= 15 is 0 Å². The number of nitrogens with zero attached hydrogens (tertiary/aromatic N) is 1. The van der Waals surface area contributed by atoms with E-state index in [1.165, 1.54) is 0 Å². The zero-order valence-corrected chi connectivity index (χ0v) is 11.4. The maximum atomic E-state index is 10.4. The average molecular weight is 283 g/mol. The number of carboxylic acids is 2. The lowest BCUT2D eigenvalue weighted by atomic mass is 10.2. The number of aryl methyl sites for hydroxylation is 2. The number of aromatic nitrogens is 1. The second-order valence-corrected chi connectivity index (χ2v) is 4.14. The summed E-state index contributed by atoms with van der Waals surface area (Å²) in [5, 5.41) is 17.1. The van der Waals surface area contributed by atoms with E-state index in [0.29, 0.717) is 22.9 Å². The molecule has 0 aromatic carbocycles. The molecule has 0 bridgehead atoms. The van der Waals surface area contributed by atoms with Gasteiger partial charge in [0.25, 0.3) is 0 Å². The molecule has 0 unspecified atom stereocenters. The number of rotatable bonds is 8. The fraction of sp³-hybridized carbons (Fsp3) is 0.462. The largest absolute Gasteiger partial charge is 0.491 e. The van der Waals surface area contributed by atoms with Crippen molar-refractivity contribution in [1.29, 1.82) is 0 Å². The monoisotopic (exact) mass is 283 g/mol. The number of hydrogen-bond acceptors (Lipinski definition) is 5. The Morgan fingerprint density at radius 2 is 1.40 bits per heavy atom. The maximum absolute atomic E-state index is 10.4. The van der Waals surface area contributed by atoms with Crippen LogP contribution in [-0.4, -0.2) is 40.3 Å². The molecule has 0 aliphatic carbocycles. The molecule has 0 saturated carbocycles. The molecule has 20 heavy (non-hydrogen) atoms. The maximum Gasteiger partial charge on any atom is 0.306 e. The van der Waals surface area contributed by atoms with Crippen molar-refractivity contribution >= 4 is 11.9 Å². The minimum Gasteiger partial charge on any atom is -0.491 e. The highest BCUT2D eigenvalue weighted by Gasteiger charge is 2.10. The molecule has 2 N–H and O–H groups in total. The van der Waals surface area contributed by atoms with Crippen LogP contribution in [0.25, 0.3) is 0 Å². The fourth-order valence-electron chi connectivity index (χ4n) is 1.48. The van der Waals surface area contributed by atoms with Gasteiger partial charge in [0.1, 0.15) is 11.5 Å². The highest BCUT2D eigenvalue weighted by atomic mass is 16.5. The van der Waals surface area contributed by atoms with E-state index in [0.717, 1.165) is 0 Å². The first-order valence-electron chi connectivity index (χ1n) is 6.07. The summed E-state index contributed by atoms with van der Waals surface area (Å²) in [5.74, 6) is -1.02. The zero-order chi connectivity index (χ0) is 15.1. The Bertz CT molecular complexity index is 459. The van der Waals surface area contributed by atoms with Crippen LogP contribution < -0.4 is 9.47 Å². The van der Waals surface area contributed by atoms with Crippen molar-refractivity contribution in [1.82, 2.24) is 4.98 Å². The van der Waals surface area contributed by atoms with Crippen molar-refractivity contribution in [2.24, 2.45) is 0 Å². The minimum atomic E-state index is -0.944. The Morgan fingerprint density at radius 1 is 1.00 bits per heavy atom. The summed E-state index contributed by atoms with van der Waals surface area (Å²) < 4.78 is 10.7. The summed E-state index contributed by atoms with van der Waals surface area (Å²) >= 11 is 0. The Kier molecular flexibility index (Phi) is 5.76. The molecule has 0 aliphatic rings. The predicted molar refractivity (Wildman–Crippen MR) is 69.2 cm³/mol. The van der Waals surface area contributed by atoms with E-state index in [1.54, 1.807) is 19.9 Å². The summed E-state index contributed by atoms with van der Waals surface area (Å²) in [5.41, 5.74) is 1.25. The zero-order valence-electron chi connectivity index (χ0n) is 11.4. The molecule has 1 aromatic rings. The molecule has 0 spiro atoms. The van der Waals surface area contributed by atoms with Gasteiger partial charge in [0, 0.05) is 6.07 Å². The van der Waals surface area contributed by atoms with Crippen LogP contribution in [-0.2, 0) is 9.59 Å². The van der Waals surface area contributed by atoms with Crippen molar-refractivity contribution in [3.8, 4) is 11.5 Å². The van der Waals surface area contributed by atoms with Gasteiger partial charge < -0.3 is 19.7 Å². The first kappa shape index (κ1) is 15.7. The van der Waals surface area contributed by atoms with Gasteiger partial charge in [-0.25, -0.2) is 0 Å². The van der Waals surface area contributed by atoms with Crippen molar-refractivity contribution in [3.05, 3.63) is 17.5 Å². The third kappa shape index (κ3) is 5.13. The van der Waals surface area contributed by atoms with Crippen LogP contribution in [0.4, 0.5) is 0 Å². The minimum absolute atomic E-state index is 0.0372. The van der Waals surface area contributed by atoms with Crippen molar-refractivity contribution in [2.45, 2.75) is 26.7 Å². The Labute approximate surface area is 116 Å². The van der Waals surface area contributed by atoms with E-state index in [4.69, 9.17) is 19.7 Å². The molecule has 0 aliphatic heterocycles. The summed E-state index contributed by atoms with van der Waals surface area (Å²) in [4.78, 5) is 25.1. The number of hydrogen-bond donors (Lipinski definition) is 2. The van der Waals surface area contributed by atoms with E-state index in [-0.39, 0.29) is 26.1 Å². The lowest BCUT2D eigenvalue weighted by Gasteiger charge is -2.12. The van der Waals surface area contributed by atoms with Gasteiger partial charge in [0.05, 0.1) is 37.4 Å². The van der Waals surface area contributed by atoms with Crippen molar-refractivity contribution in [2.75, 3.05) is 13.2 Å². The second-order valence-electron chi connectivity index (χ2n) is 4.14. The van der Waals surface area contributed by atoms with Crippen molar-refractivity contribution in [3.63, 3.8) is 0 Å². The van der Waals surface area contributed by atoms with E-state index in [2.05, 4.69) is 4.98 Å². The summed E-state index contributed by atoms with van der Waals surface area (Å²) in [6.07, 6.45) is -0.217. The normalized spacial score (nSPS) is 10.1. The third-order valence-electron chi connectivity index (χ3n) is 2.46. The van der Waals surface area contributed by atoms with Crippen LogP contribution in [0, 0.1) is 13.8 Å². The van der Waals surface area contributed by atoms with E-state index < -0.39 is 11.9 Å². The smallest absolute Gasteiger partial charge is 0.306 e. The van der Waals surface area contributed by atoms with Gasteiger partial charge in [0.2, 0.25) is 0 Å². The highest BCUT2D eigenvalue weighted by molar-refractivity contribution is 5.67. The van der Waals surface area contributed by atoms with Crippen LogP contribution in [0.5, 0.6) is 11.5 Å². The van der Waals surface area contributed by atoms with Crippen molar-refractivity contribution < 1.29 is 29.3 Å². The molecule has 0 radical (unpaired) electrons. The fourth-order valence-corrected chi connectivity index (χ4v) is 1.48.